The molecule has 8 heteroatoms. The molecule has 7 nitrogen and oxygen atoms in total. The molecule has 3 rings (SSSR count). The number of para-hydroxylation sites is 2. The van der Waals surface area contributed by atoms with E-state index in [9.17, 15) is 13.2 Å². The van der Waals surface area contributed by atoms with Gasteiger partial charge in [0.2, 0.25) is 0 Å². The van der Waals surface area contributed by atoms with Crippen molar-refractivity contribution in [2.24, 2.45) is 0 Å². The minimum atomic E-state index is -3.79. The number of anilines is 2. The van der Waals surface area contributed by atoms with Crippen LogP contribution in [0.3, 0.4) is 0 Å². The average molecular weight is 368 g/mol. The summed E-state index contributed by atoms with van der Waals surface area (Å²) < 4.78 is 27.4. The maximum Gasteiger partial charge on any atom is 0.263 e. The molecule has 132 valence electrons. The number of nitrogens with zero attached hydrogens (tertiary/aromatic N) is 2. The lowest BCUT2D eigenvalue weighted by Gasteiger charge is -2.08. The minimum Gasteiger partial charge on any atom is -0.362 e. The SMILES string of the molecule is CC(=O)/C=C/Nc1ccc(S(=O)(=O)Nc2cnc3ccccc3n2)cc1. The molecule has 0 aliphatic heterocycles. The van der Waals surface area contributed by atoms with Crippen LogP contribution in [0.15, 0.2) is 71.9 Å². The van der Waals surface area contributed by atoms with Crippen molar-refractivity contribution in [2.75, 3.05) is 10.0 Å². The van der Waals surface area contributed by atoms with Crippen molar-refractivity contribution in [1.29, 1.82) is 0 Å². The average Bonchev–Trinajstić information content (AvgIpc) is 2.61. The predicted octanol–water partition coefficient (Wildman–Crippen LogP) is 2.95. The lowest BCUT2D eigenvalue weighted by atomic mass is 10.3. The molecule has 0 spiro atoms. The van der Waals surface area contributed by atoms with E-state index < -0.39 is 10.0 Å². The third-order valence-electron chi connectivity index (χ3n) is 3.42. The largest absolute Gasteiger partial charge is 0.362 e. The normalized spacial score (nSPS) is 11.6. The van der Waals surface area contributed by atoms with E-state index in [1.54, 1.807) is 24.3 Å². The van der Waals surface area contributed by atoms with Crippen molar-refractivity contribution < 1.29 is 13.2 Å². The van der Waals surface area contributed by atoms with Gasteiger partial charge < -0.3 is 5.32 Å². The number of hydrogen-bond donors (Lipinski definition) is 2. The van der Waals surface area contributed by atoms with E-state index in [2.05, 4.69) is 20.0 Å². The molecule has 0 saturated heterocycles. The Bertz CT molecular complexity index is 1080. The lowest BCUT2D eigenvalue weighted by Crippen LogP contribution is -2.14. The van der Waals surface area contributed by atoms with Gasteiger partial charge >= 0.3 is 0 Å². The second-order valence-corrected chi connectivity index (χ2v) is 7.14. The molecular weight excluding hydrogens is 352 g/mol. The quantitative estimate of drug-likeness (QED) is 0.649. The molecule has 0 bridgehead atoms. The fourth-order valence-corrected chi connectivity index (χ4v) is 3.17. The fourth-order valence-electron chi connectivity index (χ4n) is 2.19. The summed E-state index contributed by atoms with van der Waals surface area (Å²) in [6.07, 6.45) is 4.25. The first-order chi connectivity index (χ1) is 12.4. The molecule has 2 aromatic carbocycles. The van der Waals surface area contributed by atoms with Gasteiger partial charge in [0.1, 0.15) is 0 Å². The van der Waals surface area contributed by atoms with E-state index in [-0.39, 0.29) is 16.5 Å². The van der Waals surface area contributed by atoms with Gasteiger partial charge in [0.25, 0.3) is 10.0 Å². The Morgan fingerprint density at radius 1 is 1.04 bits per heavy atom. The van der Waals surface area contributed by atoms with E-state index >= 15 is 0 Å². The third-order valence-corrected chi connectivity index (χ3v) is 4.79. The van der Waals surface area contributed by atoms with Crippen molar-refractivity contribution in [3.05, 3.63) is 67.0 Å². The van der Waals surface area contributed by atoms with Crippen molar-refractivity contribution >= 4 is 38.3 Å². The summed E-state index contributed by atoms with van der Waals surface area (Å²) in [5, 5.41) is 2.89. The van der Waals surface area contributed by atoms with Crippen LogP contribution in [0.2, 0.25) is 0 Å². The summed E-state index contributed by atoms with van der Waals surface area (Å²) in [6.45, 7) is 1.44. The summed E-state index contributed by atoms with van der Waals surface area (Å²) in [5.41, 5.74) is 1.95. The second kappa shape index (κ2) is 7.32. The Morgan fingerprint density at radius 2 is 1.73 bits per heavy atom. The third kappa shape index (κ3) is 4.22. The van der Waals surface area contributed by atoms with Crippen LogP contribution in [0.5, 0.6) is 0 Å². The first kappa shape index (κ1) is 17.6. The number of allylic oxidation sites excluding steroid dienone is 1. The Morgan fingerprint density at radius 3 is 2.42 bits per heavy atom. The zero-order valence-electron chi connectivity index (χ0n) is 13.9. The molecule has 0 saturated carbocycles. The maximum atomic E-state index is 12.5. The van der Waals surface area contributed by atoms with Crippen molar-refractivity contribution in [3.63, 3.8) is 0 Å². The molecule has 0 unspecified atom stereocenters. The predicted molar refractivity (Wildman–Crippen MR) is 100 cm³/mol. The van der Waals surface area contributed by atoms with Crippen LogP contribution in [0.4, 0.5) is 11.5 Å². The first-order valence-electron chi connectivity index (χ1n) is 7.72. The van der Waals surface area contributed by atoms with E-state index in [1.807, 2.05) is 12.1 Å². The number of fused-ring (bicyclic) bond motifs is 1. The molecule has 1 aromatic heterocycles. The van der Waals surface area contributed by atoms with Gasteiger partial charge in [-0.3, -0.25) is 14.5 Å². The van der Waals surface area contributed by atoms with Crippen LogP contribution in [0.1, 0.15) is 6.92 Å². The van der Waals surface area contributed by atoms with E-state index in [0.29, 0.717) is 16.7 Å². The molecule has 1 heterocycles. The molecule has 0 fully saturated rings. The molecule has 0 aliphatic rings. The summed E-state index contributed by atoms with van der Waals surface area (Å²) >= 11 is 0. The maximum absolute atomic E-state index is 12.5. The first-order valence-corrected chi connectivity index (χ1v) is 9.21. The topological polar surface area (TPSA) is 101 Å². The highest BCUT2D eigenvalue weighted by Gasteiger charge is 2.15. The summed E-state index contributed by atoms with van der Waals surface area (Å²) in [4.78, 5) is 19.4. The van der Waals surface area contributed by atoms with Gasteiger partial charge in [-0.2, -0.15) is 0 Å². The van der Waals surface area contributed by atoms with Crippen molar-refractivity contribution in [2.45, 2.75) is 11.8 Å². The van der Waals surface area contributed by atoms with Crippen molar-refractivity contribution in [1.82, 2.24) is 9.97 Å². The highest BCUT2D eigenvalue weighted by atomic mass is 32.2. The Labute approximate surface area is 150 Å². The number of rotatable bonds is 6. The number of sulfonamides is 1. The van der Waals surface area contributed by atoms with Crippen LogP contribution < -0.4 is 10.0 Å². The molecule has 3 aromatic rings. The smallest absolute Gasteiger partial charge is 0.263 e. The number of carbonyl (C=O) groups is 1. The number of carbonyl (C=O) groups excluding carboxylic acids is 1. The standard InChI is InChI=1S/C18H16N4O3S/c1-13(23)10-11-19-14-6-8-15(9-7-14)26(24,25)22-18-12-20-16-4-2-3-5-17(16)21-18/h2-12,19H,1H3,(H,21,22)/b11-10+. The Kier molecular flexibility index (Phi) is 4.94. The van der Waals surface area contributed by atoms with Crippen LogP contribution in [0, 0.1) is 0 Å². The Balaban J connectivity index is 1.77. The van der Waals surface area contributed by atoms with Gasteiger partial charge in [0.05, 0.1) is 22.1 Å². The zero-order valence-corrected chi connectivity index (χ0v) is 14.7. The van der Waals surface area contributed by atoms with Gasteiger partial charge in [0.15, 0.2) is 11.6 Å². The summed E-state index contributed by atoms with van der Waals surface area (Å²) in [7, 11) is -3.79. The van der Waals surface area contributed by atoms with E-state index in [0.717, 1.165) is 0 Å². The zero-order chi connectivity index (χ0) is 18.6. The molecule has 26 heavy (non-hydrogen) atoms. The van der Waals surface area contributed by atoms with Crippen LogP contribution in [-0.2, 0) is 14.8 Å². The monoisotopic (exact) mass is 368 g/mol. The molecule has 0 radical (unpaired) electrons. The van der Waals surface area contributed by atoms with Crippen molar-refractivity contribution in [3.8, 4) is 0 Å². The number of benzene rings is 2. The number of hydrogen-bond acceptors (Lipinski definition) is 6. The number of ketones is 1. The lowest BCUT2D eigenvalue weighted by molar-refractivity contribution is -0.112. The summed E-state index contributed by atoms with van der Waals surface area (Å²) in [6, 6.07) is 13.3. The van der Waals surface area contributed by atoms with Gasteiger partial charge in [-0.1, -0.05) is 12.1 Å². The fraction of sp³-hybridized carbons (Fsp3) is 0.0556. The van der Waals surface area contributed by atoms with Gasteiger partial charge in [0, 0.05) is 11.9 Å². The van der Waals surface area contributed by atoms with Crippen LogP contribution >= 0.6 is 0 Å². The van der Waals surface area contributed by atoms with Gasteiger partial charge in [-0.05, 0) is 49.4 Å². The van der Waals surface area contributed by atoms with Crippen LogP contribution in [-0.4, -0.2) is 24.2 Å². The van der Waals surface area contributed by atoms with E-state index in [4.69, 9.17) is 0 Å². The molecule has 0 atom stereocenters. The van der Waals surface area contributed by atoms with E-state index in [1.165, 1.54) is 37.5 Å². The number of nitrogens with one attached hydrogen (secondary N) is 2. The van der Waals surface area contributed by atoms with Gasteiger partial charge in [-0.15, -0.1) is 0 Å². The summed E-state index contributed by atoms with van der Waals surface area (Å²) in [5.74, 6) is 0.0627. The minimum absolute atomic E-state index is 0.0857. The molecule has 0 amide bonds. The number of aromatic nitrogens is 2. The second-order valence-electron chi connectivity index (χ2n) is 5.46. The molecule has 0 aliphatic carbocycles. The van der Waals surface area contributed by atoms with Gasteiger partial charge in [-0.25, -0.2) is 13.4 Å². The highest BCUT2D eigenvalue weighted by Crippen LogP contribution is 2.18. The highest BCUT2D eigenvalue weighted by molar-refractivity contribution is 7.92. The Hall–Kier alpha value is -3.26. The molecule has 2 N–H and O–H groups in total. The molecular formula is C18H16N4O3S. The van der Waals surface area contributed by atoms with Crippen LogP contribution in [0.25, 0.3) is 11.0 Å².